The summed E-state index contributed by atoms with van der Waals surface area (Å²) in [5, 5.41) is 0. The van der Waals surface area contributed by atoms with E-state index in [0.29, 0.717) is 0 Å². The van der Waals surface area contributed by atoms with E-state index in [0.717, 1.165) is 26.2 Å². The zero-order chi connectivity index (χ0) is 10.5. The zero-order valence-corrected chi connectivity index (χ0v) is 9.76. The fourth-order valence-electron chi connectivity index (χ4n) is 1.43. The molecule has 0 saturated carbocycles. The zero-order valence-electron chi connectivity index (χ0n) is 9.76. The molecule has 0 aromatic rings. The van der Waals surface area contributed by atoms with Gasteiger partial charge in [0.1, 0.15) is 0 Å². The van der Waals surface area contributed by atoms with Gasteiger partial charge in [0.15, 0.2) is 0 Å². The SMILES string of the molecule is CCCCCCOCCCCCCN. The van der Waals surface area contributed by atoms with Crippen LogP contribution in [-0.4, -0.2) is 19.8 Å². The molecule has 0 amide bonds. The van der Waals surface area contributed by atoms with Crippen molar-refractivity contribution in [1.82, 2.24) is 0 Å². The fourth-order valence-corrected chi connectivity index (χ4v) is 1.43. The van der Waals surface area contributed by atoms with E-state index in [1.54, 1.807) is 0 Å². The van der Waals surface area contributed by atoms with Crippen LogP contribution in [0.1, 0.15) is 58.3 Å². The van der Waals surface area contributed by atoms with Crippen LogP contribution in [0.4, 0.5) is 0 Å². The second kappa shape index (κ2) is 12.9. The minimum atomic E-state index is 0.831. The molecular weight excluding hydrogens is 174 g/mol. The van der Waals surface area contributed by atoms with Crippen molar-refractivity contribution >= 4 is 0 Å². The highest BCUT2D eigenvalue weighted by atomic mass is 16.5. The Morgan fingerprint density at radius 2 is 1.36 bits per heavy atom. The summed E-state index contributed by atoms with van der Waals surface area (Å²) in [5.41, 5.74) is 5.41. The lowest BCUT2D eigenvalue weighted by Gasteiger charge is -2.03. The van der Waals surface area contributed by atoms with Crippen LogP contribution in [0.2, 0.25) is 0 Å². The quantitative estimate of drug-likeness (QED) is 0.521. The van der Waals surface area contributed by atoms with E-state index in [-0.39, 0.29) is 0 Å². The lowest BCUT2D eigenvalue weighted by molar-refractivity contribution is 0.126. The predicted octanol–water partition coefficient (Wildman–Crippen LogP) is 3.10. The first-order chi connectivity index (χ1) is 6.91. The Morgan fingerprint density at radius 1 is 0.786 bits per heavy atom. The van der Waals surface area contributed by atoms with E-state index in [1.807, 2.05) is 0 Å². The number of hydrogen-bond acceptors (Lipinski definition) is 2. The van der Waals surface area contributed by atoms with Gasteiger partial charge in [-0.25, -0.2) is 0 Å². The van der Waals surface area contributed by atoms with Gasteiger partial charge in [0.2, 0.25) is 0 Å². The lowest BCUT2D eigenvalue weighted by atomic mass is 10.2. The highest BCUT2D eigenvalue weighted by Gasteiger charge is 1.91. The molecule has 0 atom stereocenters. The molecule has 0 aromatic heterocycles. The van der Waals surface area contributed by atoms with Gasteiger partial charge in [-0.05, 0) is 25.8 Å². The molecule has 0 saturated heterocycles. The van der Waals surface area contributed by atoms with Crippen molar-refractivity contribution in [2.45, 2.75) is 58.3 Å². The van der Waals surface area contributed by atoms with Gasteiger partial charge in [-0.1, -0.05) is 39.0 Å². The molecule has 0 unspecified atom stereocenters. The van der Waals surface area contributed by atoms with Crippen LogP contribution in [0.25, 0.3) is 0 Å². The normalized spacial score (nSPS) is 10.7. The number of unbranched alkanes of at least 4 members (excludes halogenated alkanes) is 6. The molecule has 0 aliphatic heterocycles. The number of hydrogen-bond donors (Lipinski definition) is 1. The Kier molecular flexibility index (Phi) is 12.8. The van der Waals surface area contributed by atoms with E-state index in [9.17, 15) is 0 Å². The van der Waals surface area contributed by atoms with Crippen molar-refractivity contribution in [2.24, 2.45) is 5.73 Å². The van der Waals surface area contributed by atoms with Crippen LogP contribution in [0.3, 0.4) is 0 Å². The summed E-state index contributed by atoms with van der Waals surface area (Å²) in [6, 6.07) is 0. The van der Waals surface area contributed by atoms with Gasteiger partial charge in [0.25, 0.3) is 0 Å². The topological polar surface area (TPSA) is 35.2 Å². The highest BCUT2D eigenvalue weighted by molar-refractivity contribution is 4.44. The average molecular weight is 201 g/mol. The molecule has 0 rings (SSSR count). The molecule has 86 valence electrons. The largest absolute Gasteiger partial charge is 0.381 e. The Bertz CT molecular complexity index is 84.3. The third kappa shape index (κ3) is 11.9. The van der Waals surface area contributed by atoms with Gasteiger partial charge in [-0.2, -0.15) is 0 Å². The van der Waals surface area contributed by atoms with Crippen LogP contribution >= 0.6 is 0 Å². The third-order valence-corrected chi connectivity index (χ3v) is 2.39. The summed E-state index contributed by atoms with van der Waals surface area (Å²) < 4.78 is 5.53. The van der Waals surface area contributed by atoms with E-state index in [2.05, 4.69) is 6.92 Å². The van der Waals surface area contributed by atoms with Crippen molar-refractivity contribution in [1.29, 1.82) is 0 Å². The maximum atomic E-state index is 5.53. The second-order valence-corrected chi connectivity index (χ2v) is 3.88. The summed E-state index contributed by atoms with van der Waals surface area (Å²) in [6.07, 6.45) is 10.1. The van der Waals surface area contributed by atoms with Gasteiger partial charge < -0.3 is 10.5 Å². The summed E-state index contributed by atoms with van der Waals surface area (Å²) in [6.45, 7) is 4.96. The van der Waals surface area contributed by atoms with Gasteiger partial charge >= 0.3 is 0 Å². The molecule has 0 heterocycles. The Balaban J connectivity index is 2.78. The molecular formula is C12H27NO. The molecule has 0 fully saturated rings. The molecule has 0 aliphatic rings. The predicted molar refractivity (Wildman–Crippen MR) is 62.5 cm³/mol. The van der Waals surface area contributed by atoms with Gasteiger partial charge in [0, 0.05) is 13.2 Å². The molecule has 0 spiro atoms. The summed E-state index contributed by atoms with van der Waals surface area (Å²) in [5.74, 6) is 0. The minimum Gasteiger partial charge on any atom is -0.381 e. The molecule has 2 heteroatoms. The smallest absolute Gasteiger partial charge is 0.0466 e. The number of rotatable bonds is 11. The molecule has 0 radical (unpaired) electrons. The summed E-state index contributed by atoms with van der Waals surface area (Å²) in [4.78, 5) is 0. The fraction of sp³-hybridized carbons (Fsp3) is 1.00. The molecule has 2 nitrogen and oxygen atoms in total. The average Bonchev–Trinajstić information content (AvgIpc) is 2.21. The summed E-state index contributed by atoms with van der Waals surface area (Å²) >= 11 is 0. The van der Waals surface area contributed by atoms with Crippen LogP contribution in [-0.2, 0) is 4.74 Å². The Morgan fingerprint density at radius 3 is 1.93 bits per heavy atom. The molecule has 2 N–H and O–H groups in total. The third-order valence-electron chi connectivity index (χ3n) is 2.39. The van der Waals surface area contributed by atoms with Crippen molar-refractivity contribution < 1.29 is 4.74 Å². The monoisotopic (exact) mass is 201 g/mol. The molecule has 0 aromatic carbocycles. The van der Waals surface area contributed by atoms with Gasteiger partial charge in [-0.15, -0.1) is 0 Å². The van der Waals surface area contributed by atoms with Crippen molar-refractivity contribution in [2.75, 3.05) is 19.8 Å². The van der Waals surface area contributed by atoms with Crippen molar-refractivity contribution in [3.63, 3.8) is 0 Å². The Labute approximate surface area is 89.2 Å². The van der Waals surface area contributed by atoms with Crippen molar-refractivity contribution in [3.8, 4) is 0 Å². The van der Waals surface area contributed by atoms with Crippen LogP contribution in [0, 0.1) is 0 Å². The lowest BCUT2D eigenvalue weighted by Crippen LogP contribution is -2.00. The minimum absolute atomic E-state index is 0.831. The standard InChI is InChI=1S/C12H27NO/c1-2-3-4-8-11-14-12-9-6-5-7-10-13/h2-13H2,1H3. The number of ether oxygens (including phenoxy) is 1. The first kappa shape index (κ1) is 13.9. The summed E-state index contributed by atoms with van der Waals surface area (Å²) in [7, 11) is 0. The van der Waals surface area contributed by atoms with Gasteiger partial charge in [0.05, 0.1) is 0 Å². The Hall–Kier alpha value is -0.0800. The van der Waals surface area contributed by atoms with E-state index in [4.69, 9.17) is 10.5 Å². The highest BCUT2D eigenvalue weighted by Crippen LogP contribution is 2.01. The van der Waals surface area contributed by atoms with E-state index in [1.165, 1.54) is 44.9 Å². The molecule has 14 heavy (non-hydrogen) atoms. The van der Waals surface area contributed by atoms with Crippen LogP contribution < -0.4 is 5.73 Å². The van der Waals surface area contributed by atoms with Crippen LogP contribution in [0.5, 0.6) is 0 Å². The second-order valence-electron chi connectivity index (χ2n) is 3.88. The van der Waals surface area contributed by atoms with E-state index >= 15 is 0 Å². The van der Waals surface area contributed by atoms with Gasteiger partial charge in [-0.3, -0.25) is 0 Å². The molecule has 0 aliphatic carbocycles. The number of nitrogens with two attached hydrogens (primary N) is 1. The maximum absolute atomic E-state index is 5.53. The molecule has 0 bridgehead atoms. The first-order valence-corrected chi connectivity index (χ1v) is 6.19. The first-order valence-electron chi connectivity index (χ1n) is 6.19. The maximum Gasteiger partial charge on any atom is 0.0466 e. The van der Waals surface area contributed by atoms with Crippen molar-refractivity contribution in [3.05, 3.63) is 0 Å². The van der Waals surface area contributed by atoms with E-state index < -0.39 is 0 Å². The van der Waals surface area contributed by atoms with Crippen LogP contribution in [0.15, 0.2) is 0 Å².